The molecule has 1 aromatic heterocycles. The van der Waals surface area contributed by atoms with Crippen molar-refractivity contribution >= 4 is 11.3 Å². The molecule has 0 aliphatic heterocycles. The summed E-state index contributed by atoms with van der Waals surface area (Å²) in [6.45, 7) is 10.0. The van der Waals surface area contributed by atoms with Crippen LogP contribution in [0.25, 0.3) is 5.57 Å². The topological polar surface area (TPSA) is 38.9 Å². The lowest BCUT2D eigenvalue weighted by atomic mass is 10.0. The Balaban J connectivity index is 3.26. The first-order chi connectivity index (χ1) is 6.04. The fourth-order valence-corrected chi connectivity index (χ4v) is 1.32. The van der Waals surface area contributed by atoms with Crippen molar-refractivity contribution in [2.45, 2.75) is 26.7 Å². The Morgan fingerprint density at radius 2 is 2.15 bits per heavy atom. The molecule has 1 heterocycles. The first kappa shape index (κ1) is 9.78. The number of anilines is 1. The predicted octanol–water partition coefficient (Wildman–Crippen LogP) is 2.82. The van der Waals surface area contributed by atoms with Gasteiger partial charge in [0.05, 0.1) is 11.4 Å². The minimum absolute atomic E-state index is 0.360. The smallest absolute Gasteiger partial charge is 0.0664 e. The van der Waals surface area contributed by atoms with E-state index in [1.165, 1.54) is 0 Å². The van der Waals surface area contributed by atoms with E-state index in [-0.39, 0.29) is 0 Å². The maximum absolute atomic E-state index is 5.96. The molecule has 0 unspecified atom stereocenters. The third-order valence-electron chi connectivity index (χ3n) is 2.03. The van der Waals surface area contributed by atoms with Crippen LogP contribution >= 0.6 is 0 Å². The molecule has 0 amide bonds. The molecule has 0 aliphatic carbocycles. The Morgan fingerprint density at radius 3 is 2.62 bits per heavy atom. The zero-order valence-electron chi connectivity index (χ0n) is 8.46. The first-order valence-corrected chi connectivity index (χ1v) is 4.44. The van der Waals surface area contributed by atoms with Crippen LogP contribution in [-0.2, 0) is 0 Å². The maximum Gasteiger partial charge on any atom is 0.0664 e. The lowest BCUT2D eigenvalue weighted by Gasteiger charge is -2.11. The minimum Gasteiger partial charge on any atom is -0.397 e. The van der Waals surface area contributed by atoms with Crippen molar-refractivity contribution in [1.82, 2.24) is 4.98 Å². The fraction of sp³-hybridized carbons (Fsp3) is 0.364. The van der Waals surface area contributed by atoms with Gasteiger partial charge in [0, 0.05) is 11.8 Å². The second-order valence-corrected chi connectivity index (χ2v) is 3.59. The van der Waals surface area contributed by atoms with E-state index >= 15 is 0 Å². The highest BCUT2D eigenvalue weighted by molar-refractivity contribution is 5.73. The summed E-state index contributed by atoms with van der Waals surface area (Å²) < 4.78 is 0. The first-order valence-electron chi connectivity index (χ1n) is 4.44. The zero-order valence-corrected chi connectivity index (χ0v) is 8.46. The van der Waals surface area contributed by atoms with E-state index < -0.39 is 0 Å². The second kappa shape index (κ2) is 3.60. The number of hydrogen-bond donors (Lipinski definition) is 1. The van der Waals surface area contributed by atoms with E-state index in [1.807, 2.05) is 13.0 Å². The van der Waals surface area contributed by atoms with E-state index in [2.05, 4.69) is 25.4 Å². The highest BCUT2D eigenvalue weighted by atomic mass is 14.7. The summed E-state index contributed by atoms with van der Waals surface area (Å²) in [4.78, 5) is 4.25. The maximum atomic E-state index is 5.96. The van der Waals surface area contributed by atoms with Gasteiger partial charge in [0.15, 0.2) is 0 Å². The molecule has 0 radical (unpaired) electrons. The number of hydrogen-bond acceptors (Lipinski definition) is 2. The molecule has 1 rings (SSSR count). The van der Waals surface area contributed by atoms with Crippen molar-refractivity contribution in [3.05, 3.63) is 30.1 Å². The van der Waals surface area contributed by atoms with Crippen LogP contribution in [0.2, 0.25) is 0 Å². The summed E-state index contributed by atoms with van der Waals surface area (Å²) in [5.41, 5.74) is 9.69. The van der Waals surface area contributed by atoms with Crippen LogP contribution in [0, 0.1) is 0 Å². The molecule has 0 fully saturated rings. The zero-order chi connectivity index (χ0) is 10.0. The number of nitrogen functional groups attached to an aromatic ring is 1. The van der Waals surface area contributed by atoms with Crippen LogP contribution < -0.4 is 5.73 Å². The number of nitrogens with two attached hydrogens (primary N) is 1. The third kappa shape index (κ3) is 1.89. The number of allylic oxidation sites excluding steroid dienone is 1. The average Bonchev–Trinajstić information content (AvgIpc) is 2.03. The molecule has 0 spiro atoms. The highest BCUT2D eigenvalue weighted by Crippen LogP contribution is 2.26. The molecule has 0 bridgehead atoms. The molecular weight excluding hydrogens is 160 g/mol. The molecule has 0 atom stereocenters. The molecule has 0 aromatic carbocycles. The minimum atomic E-state index is 0.360. The lowest BCUT2D eigenvalue weighted by Crippen LogP contribution is -2.02. The van der Waals surface area contributed by atoms with Crippen LogP contribution in [0.1, 0.15) is 37.9 Å². The van der Waals surface area contributed by atoms with Gasteiger partial charge in [0.1, 0.15) is 0 Å². The molecular formula is C11H16N2. The SMILES string of the molecule is C=C(C)c1ccnc(C(C)C)c1N. The molecule has 2 heteroatoms. The fourth-order valence-electron chi connectivity index (χ4n) is 1.32. The van der Waals surface area contributed by atoms with Gasteiger partial charge in [-0.3, -0.25) is 4.98 Å². The van der Waals surface area contributed by atoms with Gasteiger partial charge in [-0.2, -0.15) is 0 Å². The van der Waals surface area contributed by atoms with Crippen molar-refractivity contribution in [3.63, 3.8) is 0 Å². The molecule has 0 aliphatic rings. The van der Waals surface area contributed by atoms with E-state index in [9.17, 15) is 0 Å². The largest absolute Gasteiger partial charge is 0.397 e. The third-order valence-corrected chi connectivity index (χ3v) is 2.03. The van der Waals surface area contributed by atoms with Gasteiger partial charge in [0.25, 0.3) is 0 Å². The molecule has 70 valence electrons. The Bertz CT molecular complexity index is 327. The Kier molecular flexibility index (Phi) is 2.71. The number of pyridine rings is 1. The monoisotopic (exact) mass is 176 g/mol. The van der Waals surface area contributed by atoms with E-state index in [4.69, 9.17) is 5.73 Å². The summed E-state index contributed by atoms with van der Waals surface area (Å²) in [6.07, 6.45) is 1.79. The van der Waals surface area contributed by atoms with Gasteiger partial charge >= 0.3 is 0 Å². The van der Waals surface area contributed by atoms with Gasteiger partial charge in [0.2, 0.25) is 0 Å². The summed E-state index contributed by atoms with van der Waals surface area (Å²) in [6, 6.07) is 1.91. The van der Waals surface area contributed by atoms with E-state index in [0.717, 1.165) is 22.5 Å². The summed E-state index contributed by atoms with van der Waals surface area (Å²) >= 11 is 0. The summed E-state index contributed by atoms with van der Waals surface area (Å²) in [5.74, 6) is 0.360. The normalized spacial score (nSPS) is 10.5. The van der Waals surface area contributed by atoms with E-state index in [1.54, 1.807) is 6.20 Å². The van der Waals surface area contributed by atoms with Gasteiger partial charge in [-0.1, -0.05) is 20.4 Å². The number of nitrogens with zero attached hydrogens (tertiary/aromatic N) is 1. The van der Waals surface area contributed by atoms with Gasteiger partial charge in [-0.25, -0.2) is 0 Å². The van der Waals surface area contributed by atoms with Gasteiger partial charge in [-0.15, -0.1) is 0 Å². The number of aromatic nitrogens is 1. The number of rotatable bonds is 2. The van der Waals surface area contributed by atoms with Crippen LogP contribution in [-0.4, -0.2) is 4.98 Å². The van der Waals surface area contributed by atoms with Crippen LogP contribution in [0.15, 0.2) is 18.8 Å². The quantitative estimate of drug-likeness (QED) is 0.752. The standard InChI is InChI=1S/C11H16N2/c1-7(2)9-5-6-13-11(8(3)4)10(9)12/h5-6,8H,1,12H2,2-4H3. The van der Waals surface area contributed by atoms with Crippen molar-refractivity contribution in [1.29, 1.82) is 0 Å². The molecule has 13 heavy (non-hydrogen) atoms. The van der Waals surface area contributed by atoms with Crippen LogP contribution in [0.4, 0.5) is 5.69 Å². The molecule has 2 N–H and O–H groups in total. The van der Waals surface area contributed by atoms with Gasteiger partial charge < -0.3 is 5.73 Å². The average molecular weight is 176 g/mol. The van der Waals surface area contributed by atoms with Crippen molar-refractivity contribution in [3.8, 4) is 0 Å². The Morgan fingerprint density at radius 1 is 1.54 bits per heavy atom. The Labute approximate surface area is 79.5 Å². The van der Waals surface area contributed by atoms with Crippen LogP contribution in [0.5, 0.6) is 0 Å². The Hall–Kier alpha value is -1.31. The summed E-state index contributed by atoms with van der Waals surface area (Å²) in [7, 11) is 0. The van der Waals surface area contributed by atoms with Gasteiger partial charge in [-0.05, 0) is 24.5 Å². The summed E-state index contributed by atoms with van der Waals surface area (Å²) in [5, 5.41) is 0. The molecule has 0 saturated carbocycles. The van der Waals surface area contributed by atoms with Crippen molar-refractivity contribution < 1.29 is 0 Å². The highest BCUT2D eigenvalue weighted by Gasteiger charge is 2.09. The van der Waals surface area contributed by atoms with Crippen molar-refractivity contribution in [2.24, 2.45) is 0 Å². The molecule has 1 aromatic rings. The predicted molar refractivity (Wildman–Crippen MR) is 57.4 cm³/mol. The molecule has 0 saturated heterocycles. The second-order valence-electron chi connectivity index (χ2n) is 3.59. The van der Waals surface area contributed by atoms with Crippen molar-refractivity contribution in [2.75, 3.05) is 5.73 Å². The van der Waals surface area contributed by atoms with Crippen LogP contribution in [0.3, 0.4) is 0 Å². The van der Waals surface area contributed by atoms with E-state index in [0.29, 0.717) is 5.92 Å². The lowest BCUT2D eigenvalue weighted by molar-refractivity contribution is 0.826. The molecule has 2 nitrogen and oxygen atoms in total.